The second-order valence-corrected chi connectivity index (χ2v) is 7.58. The number of rotatable bonds is 3. The van der Waals surface area contributed by atoms with Crippen LogP contribution in [0.1, 0.15) is 37.9 Å². The molecule has 2 N–H and O–H groups in total. The molecule has 5 nitrogen and oxygen atoms in total. The molecule has 1 unspecified atom stereocenters. The normalized spacial score (nSPS) is 22.8. The molecule has 1 saturated heterocycles. The molecule has 2 fully saturated rings. The van der Waals surface area contributed by atoms with Crippen LogP contribution in [0.2, 0.25) is 5.02 Å². The molecule has 1 aliphatic heterocycles. The Labute approximate surface area is 146 Å². The van der Waals surface area contributed by atoms with E-state index in [0.717, 1.165) is 55.6 Å². The second-order valence-electron chi connectivity index (χ2n) is 7.14. The molecule has 24 heavy (non-hydrogen) atoms. The van der Waals surface area contributed by atoms with Gasteiger partial charge in [-0.2, -0.15) is 0 Å². The third kappa shape index (κ3) is 2.80. The van der Waals surface area contributed by atoms with Gasteiger partial charge in [0.25, 0.3) is 0 Å². The molecule has 2 aliphatic rings. The van der Waals surface area contributed by atoms with Gasteiger partial charge < -0.3 is 15.0 Å². The Hall–Kier alpha value is -1.59. The van der Waals surface area contributed by atoms with Crippen LogP contribution < -0.4 is 0 Å². The lowest BCUT2D eigenvalue weighted by Crippen LogP contribution is -2.53. The SMILES string of the molecule is O=C(CCc1nc2ccc(Cl)cc2[nH]1)N1CCC2(CCC2O)CC1. The summed E-state index contributed by atoms with van der Waals surface area (Å²) in [6.07, 6.45) is 4.81. The molecule has 2 heterocycles. The maximum atomic E-state index is 12.4. The number of aliphatic hydroxyl groups is 1. The number of aromatic amines is 1. The molecule has 0 radical (unpaired) electrons. The van der Waals surface area contributed by atoms with Crippen LogP contribution in [0.3, 0.4) is 0 Å². The fourth-order valence-corrected chi connectivity index (χ4v) is 4.17. The summed E-state index contributed by atoms with van der Waals surface area (Å²) < 4.78 is 0. The number of H-pyrrole nitrogens is 1. The summed E-state index contributed by atoms with van der Waals surface area (Å²) in [5, 5.41) is 10.6. The number of hydrogen-bond acceptors (Lipinski definition) is 3. The van der Waals surface area contributed by atoms with Crippen LogP contribution in [0.5, 0.6) is 0 Å². The summed E-state index contributed by atoms with van der Waals surface area (Å²) >= 11 is 5.98. The molecular weight excluding hydrogens is 326 g/mol. The highest BCUT2D eigenvalue weighted by Gasteiger charge is 2.47. The van der Waals surface area contributed by atoms with E-state index >= 15 is 0 Å². The number of likely N-dealkylation sites (tertiary alicyclic amines) is 1. The number of benzene rings is 1. The third-order valence-corrected chi connectivity index (χ3v) is 6.04. The molecule has 1 aromatic heterocycles. The summed E-state index contributed by atoms with van der Waals surface area (Å²) in [5.74, 6) is 1.00. The molecule has 0 bridgehead atoms. The number of nitrogens with one attached hydrogen (secondary N) is 1. The van der Waals surface area contributed by atoms with Gasteiger partial charge in [-0.1, -0.05) is 11.6 Å². The summed E-state index contributed by atoms with van der Waals surface area (Å²) in [6, 6.07) is 5.55. The first kappa shape index (κ1) is 15.9. The predicted molar refractivity (Wildman–Crippen MR) is 92.9 cm³/mol. The molecule has 1 amide bonds. The van der Waals surface area contributed by atoms with Crippen LogP contribution in [0.4, 0.5) is 0 Å². The van der Waals surface area contributed by atoms with E-state index in [1.54, 1.807) is 0 Å². The average Bonchev–Trinajstić information content (AvgIpc) is 3.00. The summed E-state index contributed by atoms with van der Waals surface area (Å²) in [7, 11) is 0. The van der Waals surface area contributed by atoms with E-state index in [0.29, 0.717) is 17.9 Å². The van der Waals surface area contributed by atoms with Crippen LogP contribution in [0.25, 0.3) is 11.0 Å². The molecule has 1 spiro atoms. The van der Waals surface area contributed by atoms with Gasteiger partial charge in [-0.05, 0) is 49.3 Å². The van der Waals surface area contributed by atoms with E-state index in [1.165, 1.54) is 0 Å². The highest BCUT2D eigenvalue weighted by Crippen LogP contribution is 2.49. The minimum Gasteiger partial charge on any atom is -0.393 e. The van der Waals surface area contributed by atoms with Gasteiger partial charge in [0.1, 0.15) is 5.82 Å². The van der Waals surface area contributed by atoms with Crippen LogP contribution in [0.15, 0.2) is 18.2 Å². The molecule has 1 atom stereocenters. The standard InChI is InChI=1S/C18H22ClN3O2/c19-12-1-2-13-14(11-12)21-16(20-13)3-4-17(24)22-9-7-18(8-10-22)6-5-15(18)23/h1-2,11,15,23H,3-10H2,(H,20,21). The highest BCUT2D eigenvalue weighted by molar-refractivity contribution is 6.31. The minimum absolute atomic E-state index is 0.106. The number of amides is 1. The van der Waals surface area contributed by atoms with Crippen molar-refractivity contribution in [1.29, 1.82) is 0 Å². The minimum atomic E-state index is -0.155. The Morgan fingerprint density at radius 2 is 2.17 bits per heavy atom. The fourth-order valence-electron chi connectivity index (χ4n) is 4.00. The molecule has 4 rings (SSSR count). The molecule has 1 aliphatic carbocycles. The number of halogens is 1. The van der Waals surface area contributed by atoms with Crippen LogP contribution in [-0.4, -0.2) is 45.1 Å². The lowest BCUT2D eigenvalue weighted by Gasteiger charge is -2.51. The third-order valence-electron chi connectivity index (χ3n) is 5.80. The summed E-state index contributed by atoms with van der Waals surface area (Å²) in [5.41, 5.74) is 1.89. The number of aliphatic hydroxyl groups excluding tert-OH is 1. The van der Waals surface area contributed by atoms with Gasteiger partial charge in [-0.3, -0.25) is 4.79 Å². The molecule has 6 heteroatoms. The number of aryl methyl sites for hydroxylation is 1. The molecule has 2 aromatic rings. The van der Waals surface area contributed by atoms with E-state index < -0.39 is 0 Å². The molecule has 1 saturated carbocycles. The van der Waals surface area contributed by atoms with E-state index in [4.69, 9.17) is 11.6 Å². The number of aromatic nitrogens is 2. The van der Waals surface area contributed by atoms with Crippen molar-refractivity contribution in [3.63, 3.8) is 0 Å². The van der Waals surface area contributed by atoms with Crippen LogP contribution in [0, 0.1) is 5.41 Å². The Morgan fingerprint density at radius 3 is 2.83 bits per heavy atom. The fraction of sp³-hybridized carbons (Fsp3) is 0.556. The second kappa shape index (κ2) is 6.05. The maximum Gasteiger partial charge on any atom is 0.223 e. The number of carbonyl (C=O) groups excluding carboxylic acids is 1. The topological polar surface area (TPSA) is 69.2 Å². The number of nitrogens with zero attached hydrogens (tertiary/aromatic N) is 2. The number of piperidine rings is 1. The van der Waals surface area contributed by atoms with Gasteiger partial charge in [0.05, 0.1) is 17.1 Å². The predicted octanol–water partition coefficient (Wildman–Crippen LogP) is 2.91. The van der Waals surface area contributed by atoms with E-state index in [2.05, 4.69) is 9.97 Å². The first-order chi connectivity index (χ1) is 11.6. The van der Waals surface area contributed by atoms with Crippen molar-refractivity contribution in [2.45, 2.75) is 44.6 Å². The van der Waals surface area contributed by atoms with Crippen molar-refractivity contribution >= 4 is 28.5 Å². The van der Waals surface area contributed by atoms with Crippen molar-refractivity contribution < 1.29 is 9.90 Å². The van der Waals surface area contributed by atoms with E-state index in [1.807, 2.05) is 23.1 Å². The zero-order valence-corrected chi connectivity index (χ0v) is 14.4. The number of imidazole rings is 1. The Morgan fingerprint density at radius 1 is 1.38 bits per heavy atom. The number of fused-ring (bicyclic) bond motifs is 1. The molecule has 1 aromatic carbocycles. The van der Waals surface area contributed by atoms with Gasteiger partial charge in [-0.25, -0.2) is 4.98 Å². The lowest BCUT2D eigenvalue weighted by atomic mass is 9.61. The van der Waals surface area contributed by atoms with Gasteiger partial charge >= 0.3 is 0 Å². The summed E-state index contributed by atoms with van der Waals surface area (Å²) in [6.45, 7) is 1.54. The first-order valence-corrected chi connectivity index (χ1v) is 9.04. The van der Waals surface area contributed by atoms with Crippen molar-refractivity contribution in [3.05, 3.63) is 29.0 Å². The quantitative estimate of drug-likeness (QED) is 0.897. The van der Waals surface area contributed by atoms with E-state index in [-0.39, 0.29) is 17.4 Å². The Bertz CT molecular complexity index is 765. The molecular formula is C18H22ClN3O2. The zero-order valence-electron chi connectivity index (χ0n) is 13.6. The van der Waals surface area contributed by atoms with Gasteiger partial charge in [-0.15, -0.1) is 0 Å². The highest BCUT2D eigenvalue weighted by atomic mass is 35.5. The monoisotopic (exact) mass is 347 g/mol. The lowest BCUT2D eigenvalue weighted by molar-refractivity contribution is -0.141. The average molecular weight is 348 g/mol. The largest absolute Gasteiger partial charge is 0.393 e. The molecule has 128 valence electrons. The van der Waals surface area contributed by atoms with Crippen molar-refractivity contribution in [2.75, 3.05) is 13.1 Å². The van der Waals surface area contributed by atoms with Gasteiger partial charge in [0, 0.05) is 31.0 Å². The van der Waals surface area contributed by atoms with Gasteiger partial charge in [0.15, 0.2) is 0 Å². The van der Waals surface area contributed by atoms with Crippen molar-refractivity contribution in [1.82, 2.24) is 14.9 Å². The smallest absolute Gasteiger partial charge is 0.223 e. The Balaban J connectivity index is 1.33. The summed E-state index contributed by atoms with van der Waals surface area (Å²) in [4.78, 5) is 22.1. The van der Waals surface area contributed by atoms with Crippen LogP contribution >= 0.6 is 11.6 Å². The Kier molecular flexibility index (Phi) is 4.01. The van der Waals surface area contributed by atoms with Crippen LogP contribution in [-0.2, 0) is 11.2 Å². The maximum absolute atomic E-state index is 12.4. The van der Waals surface area contributed by atoms with Gasteiger partial charge in [0.2, 0.25) is 5.91 Å². The van der Waals surface area contributed by atoms with Crippen molar-refractivity contribution in [3.8, 4) is 0 Å². The number of carbonyl (C=O) groups is 1. The van der Waals surface area contributed by atoms with E-state index in [9.17, 15) is 9.90 Å². The number of hydrogen-bond donors (Lipinski definition) is 2. The first-order valence-electron chi connectivity index (χ1n) is 8.66. The zero-order chi connectivity index (χ0) is 16.7. The van der Waals surface area contributed by atoms with Crippen molar-refractivity contribution in [2.24, 2.45) is 5.41 Å².